The number of aryl methyl sites for hydroxylation is 2. The van der Waals surface area contributed by atoms with Gasteiger partial charge in [0, 0.05) is 9.75 Å². The molecule has 0 unspecified atom stereocenters. The average Bonchev–Trinajstić information content (AvgIpc) is 3.14. The molecular weight excluding hydrogens is 367 g/mol. The normalized spacial score (nSPS) is 17.2. The zero-order valence-electron chi connectivity index (χ0n) is 14.5. The largest absolute Gasteiger partial charge is 0.425 e. The van der Waals surface area contributed by atoms with Gasteiger partial charge in [-0.3, -0.25) is 4.79 Å². The van der Waals surface area contributed by atoms with Crippen LogP contribution in [0.15, 0.2) is 6.07 Å². The number of nitrogens with one attached hydrogen (secondary N) is 1. The Morgan fingerprint density at radius 1 is 1.28 bits per heavy atom. The van der Waals surface area contributed by atoms with Crippen LogP contribution in [0.2, 0.25) is 0 Å². The highest BCUT2D eigenvalue weighted by Gasteiger charge is 2.37. The van der Waals surface area contributed by atoms with Crippen LogP contribution >= 0.6 is 22.7 Å². The minimum absolute atomic E-state index is 0.178. The molecular formula is C18H20F3NOS2. The Labute approximate surface area is 153 Å². The van der Waals surface area contributed by atoms with Gasteiger partial charge in [0.25, 0.3) is 5.91 Å². The van der Waals surface area contributed by atoms with E-state index >= 15 is 0 Å². The zero-order chi connectivity index (χ0) is 18.5. The van der Waals surface area contributed by atoms with Gasteiger partial charge < -0.3 is 5.32 Å². The van der Waals surface area contributed by atoms with Crippen molar-refractivity contribution in [2.75, 3.05) is 0 Å². The molecule has 2 nitrogen and oxygen atoms in total. The van der Waals surface area contributed by atoms with E-state index in [1.807, 2.05) is 27.7 Å². The molecule has 1 atom stereocenters. The van der Waals surface area contributed by atoms with Crippen LogP contribution in [0, 0.1) is 13.8 Å². The van der Waals surface area contributed by atoms with Crippen molar-refractivity contribution in [3.05, 3.63) is 42.3 Å². The lowest BCUT2D eigenvalue weighted by Gasteiger charge is -2.15. The van der Waals surface area contributed by atoms with Gasteiger partial charge >= 0.3 is 6.18 Å². The van der Waals surface area contributed by atoms with Gasteiger partial charge in [0.05, 0.1) is 10.9 Å². The third kappa shape index (κ3) is 3.36. The van der Waals surface area contributed by atoms with Crippen LogP contribution in [-0.2, 0) is 12.6 Å². The van der Waals surface area contributed by atoms with Crippen molar-refractivity contribution in [2.24, 2.45) is 0 Å². The van der Waals surface area contributed by atoms with E-state index in [0.717, 1.165) is 32.2 Å². The van der Waals surface area contributed by atoms with Gasteiger partial charge in [-0.15, -0.1) is 22.7 Å². The standard InChI is InChI=1S/C18H20F3NOS2/c1-8(2)15-9(3)10(4)24-16(15)17(23)22-12-5-6-13-11(12)7-14(25-13)18(19,20)21/h7-8,12H,5-6H2,1-4H3,(H,22,23)/t12-/m0/s1. The lowest BCUT2D eigenvalue weighted by Crippen LogP contribution is -2.27. The predicted molar refractivity (Wildman–Crippen MR) is 95.7 cm³/mol. The Morgan fingerprint density at radius 3 is 2.56 bits per heavy atom. The third-order valence-electron chi connectivity index (χ3n) is 4.68. The summed E-state index contributed by atoms with van der Waals surface area (Å²) in [5.41, 5.74) is 2.80. The predicted octanol–water partition coefficient (Wildman–Crippen LogP) is 5.99. The Bertz CT molecular complexity index is 817. The van der Waals surface area contributed by atoms with Crippen LogP contribution < -0.4 is 5.32 Å². The number of fused-ring (bicyclic) bond motifs is 1. The second kappa shape index (κ2) is 6.43. The smallest absolute Gasteiger partial charge is 0.344 e. The SMILES string of the molecule is Cc1sc(C(=O)N[C@H]2CCc3sc(C(F)(F)F)cc32)c(C(C)C)c1C. The van der Waals surface area contributed by atoms with Gasteiger partial charge in [0.1, 0.15) is 4.88 Å². The lowest BCUT2D eigenvalue weighted by molar-refractivity contribution is -0.134. The molecule has 0 bridgehead atoms. The monoisotopic (exact) mass is 387 g/mol. The fourth-order valence-corrected chi connectivity index (χ4v) is 5.71. The number of hydrogen-bond donors (Lipinski definition) is 1. The topological polar surface area (TPSA) is 29.1 Å². The minimum atomic E-state index is -4.32. The van der Waals surface area contributed by atoms with E-state index in [1.165, 1.54) is 17.4 Å². The Morgan fingerprint density at radius 2 is 1.96 bits per heavy atom. The highest BCUT2D eigenvalue weighted by atomic mass is 32.1. The van der Waals surface area contributed by atoms with E-state index in [-0.39, 0.29) is 17.9 Å². The van der Waals surface area contributed by atoms with Crippen LogP contribution in [0.3, 0.4) is 0 Å². The van der Waals surface area contributed by atoms with Crippen LogP contribution in [0.1, 0.15) is 73.2 Å². The summed E-state index contributed by atoms with van der Waals surface area (Å²) in [5, 5.41) is 2.96. The number of carbonyl (C=O) groups is 1. The van der Waals surface area contributed by atoms with Gasteiger partial charge in [-0.05, 0) is 55.4 Å². The molecule has 1 aliphatic carbocycles. The van der Waals surface area contributed by atoms with E-state index in [2.05, 4.69) is 5.32 Å². The van der Waals surface area contributed by atoms with Crippen LogP contribution in [0.5, 0.6) is 0 Å². The van der Waals surface area contributed by atoms with E-state index in [1.54, 1.807) is 0 Å². The first-order valence-electron chi connectivity index (χ1n) is 8.20. The van der Waals surface area contributed by atoms with E-state index < -0.39 is 11.1 Å². The van der Waals surface area contributed by atoms with Crippen molar-refractivity contribution in [1.29, 1.82) is 0 Å². The number of halogens is 3. The van der Waals surface area contributed by atoms with Gasteiger partial charge in [0.15, 0.2) is 0 Å². The van der Waals surface area contributed by atoms with Gasteiger partial charge in [-0.2, -0.15) is 13.2 Å². The molecule has 7 heteroatoms. The highest BCUT2D eigenvalue weighted by molar-refractivity contribution is 7.14. The minimum Gasteiger partial charge on any atom is -0.344 e. The second-order valence-corrected chi connectivity index (χ2v) is 9.09. The van der Waals surface area contributed by atoms with Crippen LogP contribution in [-0.4, -0.2) is 5.91 Å². The second-order valence-electron chi connectivity index (χ2n) is 6.73. The van der Waals surface area contributed by atoms with E-state index in [0.29, 0.717) is 23.3 Å². The Balaban J connectivity index is 1.85. The van der Waals surface area contributed by atoms with Crippen LogP contribution in [0.25, 0.3) is 0 Å². The van der Waals surface area contributed by atoms with Crippen LogP contribution in [0.4, 0.5) is 13.2 Å². The molecule has 0 aliphatic heterocycles. The summed E-state index contributed by atoms with van der Waals surface area (Å²) in [5.74, 6) is 0.0466. The summed E-state index contributed by atoms with van der Waals surface area (Å²) in [7, 11) is 0. The van der Waals surface area contributed by atoms with Gasteiger partial charge in [-0.25, -0.2) is 0 Å². The summed E-state index contributed by atoms with van der Waals surface area (Å²) in [6.07, 6.45) is -3.08. The molecule has 0 aromatic carbocycles. The summed E-state index contributed by atoms with van der Waals surface area (Å²) in [6, 6.07) is 0.865. The van der Waals surface area contributed by atoms with Gasteiger partial charge in [-0.1, -0.05) is 13.8 Å². The van der Waals surface area contributed by atoms with Crippen molar-refractivity contribution >= 4 is 28.6 Å². The summed E-state index contributed by atoms with van der Waals surface area (Å²) in [6.45, 7) is 8.10. The molecule has 0 spiro atoms. The first-order valence-corrected chi connectivity index (χ1v) is 9.83. The Hall–Kier alpha value is -1.34. The van der Waals surface area contributed by atoms with E-state index in [4.69, 9.17) is 0 Å². The van der Waals surface area contributed by atoms with E-state index in [9.17, 15) is 18.0 Å². The summed E-state index contributed by atoms with van der Waals surface area (Å²) >= 11 is 2.26. The molecule has 136 valence electrons. The average molecular weight is 387 g/mol. The molecule has 1 amide bonds. The molecule has 2 heterocycles. The molecule has 2 aromatic rings. The molecule has 3 rings (SSSR count). The van der Waals surface area contributed by atoms with Crippen molar-refractivity contribution < 1.29 is 18.0 Å². The zero-order valence-corrected chi connectivity index (χ0v) is 16.1. The summed E-state index contributed by atoms with van der Waals surface area (Å²) < 4.78 is 38.7. The number of amides is 1. The van der Waals surface area contributed by atoms with Crippen molar-refractivity contribution in [3.8, 4) is 0 Å². The maximum atomic E-state index is 12.9. The summed E-state index contributed by atoms with van der Waals surface area (Å²) in [4.78, 5) is 14.7. The molecule has 0 radical (unpaired) electrons. The number of hydrogen-bond acceptors (Lipinski definition) is 3. The maximum Gasteiger partial charge on any atom is 0.425 e. The molecule has 2 aromatic heterocycles. The maximum absolute atomic E-state index is 12.9. The molecule has 0 fully saturated rings. The molecule has 0 saturated carbocycles. The number of carbonyl (C=O) groups excluding carboxylic acids is 1. The first-order chi connectivity index (χ1) is 11.6. The lowest BCUT2D eigenvalue weighted by atomic mass is 9.98. The van der Waals surface area contributed by atoms with Crippen molar-refractivity contribution in [3.63, 3.8) is 0 Å². The molecule has 1 N–H and O–H groups in total. The Kier molecular flexibility index (Phi) is 4.75. The van der Waals surface area contributed by atoms with Gasteiger partial charge in [0.2, 0.25) is 0 Å². The number of thiophene rings is 2. The van der Waals surface area contributed by atoms with Crippen molar-refractivity contribution in [1.82, 2.24) is 5.32 Å². The first kappa shape index (κ1) is 18.5. The fourth-order valence-electron chi connectivity index (χ4n) is 3.39. The molecule has 0 saturated heterocycles. The fraction of sp³-hybridized carbons (Fsp3) is 0.500. The quantitative estimate of drug-likeness (QED) is 0.689. The van der Waals surface area contributed by atoms with Crippen molar-refractivity contribution in [2.45, 2.75) is 58.7 Å². The highest BCUT2D eigenvalue weighted by Crippen LogP contribution is 2.43. The number of rotatable bonds is 3. The number of alkyl halides is 3. The third-order valence-corrected chi connectivity index (χ3v) is 7.15. The molecule has 25 heavy (non-hydrogen) atoms. The molecule has 1 aliphatic rings.